The van der Waals surface area contributed by atoms with Gasteiger partial charge in [0.25, 0.3) is 0 Å². The van der Waals surface area contributed by atoms with Crippen LogP contribution < -0.4 is 0 Å². The summed E-state index contributed by atoms with van der Waals surface area (Å²) in [5, 5.41) is 0. The molecule has 86 valence electrons. The highest BCUT2D eigenvalue weighted by molar-refractivity contribution is 7.80. The van der Waals surface area contributed by atoms with E-state index < -0.39 is 0 Å². The number of hydrogen-bond donors (Lipinski definition) is 1. The van der Waals surface area contributed by atoms with Crippen LogP contribution in [0.25, 0.3) is 0 Å². The fraction of sp³-hybridized carbons (Fsp3) is 0.800. The Morgan fingerprint density at radius 2 is 1.87 bits per heavy atom. The lowest BCUT2D eigenvalue weighted by Crippen LogP contribution is -2.54. The summed E-state index contributed by atoms with van der Waals surface area (Å²) >= 11 is 4.24. The molecule has 0 N–H and O–H groups in total. The molecule has 0 aromatic heterocycles. The van der Waals surface area contributed by atoms with Crippen molar-refractivity contribution in [3.63, 3.8) is 0 Å². The molecular weight excluding hydrogens is 212 g/mol. The van der Waals surface area contributed by atoms with Gasteiger partial charge in [0, 0.05) is 13.6 Å². The van der Waals surface area contributed by atoms with E-state index in [0.717, 1.165) is 0 Å². The van der Waals surface area contributed by atoms with Crippen LogP contribution in [0.15, 0.2) is 0 Å². The van der Waals surface area contributed by atoms with Crippen LogP contribution in [0.4, 0.5) is 0 Å². The van der Waals surface area contributed by atoms with Gasteiger partial charge in [-0.2, -0.15) is 12.6 Å². The molecular formula is C10H18N2O2S. The Bertz CT molecular complexity index is 279. The Hall–Kier alpha value is -0.710. The fourth-order valence-corrected chi connectivity index (χ4v) is 1.57. The lowest BCUT2D eigenvalue weighted by molar-refractivity contribution is -0.149. The maximum Gasteiger partial charge on any atom is 0.242 e. The summed E-state index contributed by atoms with van der Waals surface area (Å²) < 4.78 is 0. The zero-order valence-corrected chi connectivity index (χ0v) is 10.4. The Kier molecular flexibility index (Phi) is 3.65. The Balaban J connectivity index is 2.63. The van der Waals surface area contributed by atoms with Gasteiger partial charge in [0.15, 0.2) is 0 Å². The zero-order valence-electron chi connectivity index (χ0n) is 9.49. The number of hydrogen-bond acceptors (Lipinski definition) is 3. The van der Waals surface area contributed by atoms with E-state index in [-0.39, 0.29) is 30.3 Å². The normalized spacial score (nSPS) is 18.7. The quantitative estimate of drug-likeness (QED) is 0.706. The number of carbonyl (C=O) groups is 2. The molecule has 1 saturated heterocycles. The lowest BCUT2D eigenvalue weighted by atomic mass is 9.95. The molecule has 0 aliphatic carbocycles. The van der Waals surface area contributed by atoms with Crippen LogP contribution in [0.2, 0.25) is 0 Å². The topological polar surface area (TPSA) is 40.6 Å². The molecule has 0 unspecified atom stereocenters. The van der Waals surface area contributed by atoms with Crippen molar-refractivity contribution in [3.05, 3.63) is 0 Å². The molecule has 0 aromatic rings. The van der Waals surface area contributed by atoms with E-state index in [4.69, 9.17) is 0 Å². The number of nitrogens with zero attached hydrogens (tertiary/aromatic N) is 2. The van der Waals surface area contributed by atoms with E-state index in [0.29, 0.717) is 12.3 Å². The van der Waals surface area contributed by atoms with Gasteiger partial charge in [0.1, 0.15) is 0 Å². The number of amides is 2. The Morgan fingerprint density at radius 3 is 2.40 bits per heavy atom. The first-order valence-corrected chi connectivity index (χ1v) is 5.61. The number of rotatable bonds is 3. The second-order valence-corrected chi connectivity index (χ2v) is 5.14. The predicted molar refractivity (Wildman–Crippen MR) is 61.9 cm³/mol. The van der Waals surface area contributed by atoms with E-state index in [2.05, 4.69) is 12.6 Å². The molecule has 1 aliphatic rings. The van der Waals surface area contributed by atoms with Crippen molar-refractivity contribution in [2.75, 3.05) is 32.4 Å². The molecule has 4 nitrogen and oxygen atoms in total. The molecule has 2 amide bonds. The van der Waals surface area contributed by atoms with E-state index in [1.54, 1.807) is 11.9 Å². The van der Waals surface area contributed by atoms with Crippen molar-refractivity contribution < 1.29 is 9.59 Å². The average molecular weight is 230 g/mol. The molecule has 0 aromatic carbocycles. The van der Waals surface area contributed by atoms with Crippen LogP contribution >= 0.6 is 12.6 Å². The summed E-state index contributed by atoms with van der Waals surface area (Å²) in [5.41, 5.74) is -0.0467. The Morgan fingerprint density at radius 1 is 1.27 bits per heavy atom. The Labute approximate surface area is 96.0 Å². The van der Waals surface area contributed by atoms with Gasteiger partial charge >= 0.3 is 0 Å². The van der Waals surface area contributed by atoms with Crippen molar-refractivity contribution in [1.29, 1.82) is 0 Å². The molecule has 1 heterocycles. The third kappa shape index (κ3) is 3.12. The first kappa shape index (κ1) is 12.4. The minimum absolute atomic E-state index is 0.00423. The van der Waals surface area contributed by atoms with Gasteiger partial charge in [-0.1, -0.05) is 13.8 Å². The van der Waals surface area contributed by atoms with Crippen LogP contribution in [0.1, 0.15) is 13.8 Å². The second-order valence-electron chi connectivity index (χ2n) is 4.82. The van der Waals surface area contributed by atoms with E-state index in [1.165, 1.54) is 4.90 Å². The highest BCUT2D eigenvalue weighted by atomic mass is 32.1. The van der Waals surface area contributed by atoms with Crippen LogP contribution in [0.3, 0.4) is 0 Å². The van der Waals surface area contributed by atoms with E-state index in [9.17, 15) is 9.59 Å². The third-order valence-corrected chi connectivity index (χ3v) is 3.38. The summed E-state index contributed by atoms with van der Waals surface area (Å²) in [4.78, 5) is 26.2. The SMILES string of the molecule is CN1CC(=O)N(CC(C)(C)CS)CC1=O. The van der Waals surface area contributed by atoms with Gasteiger partial charge in [-0.25, -0.2) is 0 Å². The monoisotopic (exact) mass is 230 g/mol. The summed E-state index contributed by atoms with van der Waals surface area (Å²) in [6, 6.07) is 0. The van der Waals surface area contributed by atoms with Gasteiger partial charge in [0.2, 0.25) is 11.8 Å². The molecule has 0 radical (unpaired) electrons. The third-order valence-electron chi connectivity index (χ3n) is 2.52. The standard InChI is InChI=1S/C10H18N2O2S/c1-10(2,7-15)6-12-5-8(13)11(3)4-9(12)14/h15H,4-7H2,1-3H3. The highest BCUT2D eigenvalue weighted by Crippen LogP contribution is 2.19. The van der Waals surface area contributed by atoms with Crippen LogP contribution in [-0.2, 0) is 9.59 Å². The van der Waals surface area contributed by atoms with Crippen LogP contribution in [-0.4, -0.2) is 54.0 Å². The van der Waals surface area contributed by atoms with Gasteiger partial charge < -0.3 is 9.80 Å². The molecule has 1 rings (SSSR count). The average Bonchev–Trinajstić information content (AvgIpc) is 2.14. The number of carbonyl (C=O) groups excluding carboxylic acids is 2. The number of thiol groups is 1. The largest absolute Gasteiger partial charge is 0.335 e. The van der Waals surface area contributed by atoms with Crippen molar-refractivity contribution in [1.82, 2.24) is 9.80 Å². The van der Waals surface area contributed by atoms with Crippen molar-refractivity contribution in [3.8, 4) is 0 Å². The molecule has 0 saturated carbocycles. The molecule has 1 aliphatic heterocycles. The summed E-state index contributed by atoms with van der Waals surface area (Å²) in [5.74, 6) is 0.720. The van der Waals surface area contributed by atoms with E-state index >= 15 is 0 Å². The maximum absolute atomic E-state index is 11.7. The maximum atomic E-state index is 11.7. The number of piperazine rings is 1. The summed E-state index contributed by atoms with van der Waals surface area (Å²) in [7, 11) is 1.65. The minimum Gasteiger partial charge on any atom is -0.335 e. The van der Waals surface area contributed by atoms with Gasteiger partial charge in [0.05, 0.1) is 13.1 Å². The first-order chi connectivity index (χ1) is 6.85. The molecule has 1 fully saturated rings. The lowest BCUT2D eigenvalue weighted by Gasteiger charge is -2.36. The first-order valence-electron chi connectivity index (χ1n) is 4.98. The van der Waals surface area contributed by atoms with Crippen molar-refractivity contribution in [2.24, 2.45) is 5.41 Å². The molecule has 5 heteroatoms. The minimum atomic E-state index is -0.0467. The van der Waals surface area contributed by atoms with Crippen molar-refractivity contribution in [2.45, 2.75) is 13.8 Å². The van der Waals surface area contributed by atoms with Gasteiger partial charge in [-0.15, -0.1) is 0 Å². The molecule has 15 heavy (non-hydrogen) atoms. The summed E-state index contributed by atoms with van der Waals surface area (Å²) in [6.07, 6.45) is 0. The molecule has 0 bridgehead atoms. The fourth-order valence-electron chi connectivity index (χ4n) is 1.47. The highest BCUT2D eigenvalue weighted by Gasteiger charge is 2.31. The smallest absolute Gasteiger partial charge is 0.242 e. The van der Waals surface area contributed by atoms with Gasteiger partial charge in [-0.05, 0) is 11.2 Å². The van der Waals surface area contributed by atoms with Gasteiger partial charge in [-0.3, -0.25) is 9.59 Å². The predicted octanol–water partition coefficient (Wildman–Crippen LogP) is 0.243. The van der Waals surface area contributed by atoms with E-state index in [1.807, 2.05) is 13.8 Å². The molecule has 0 atom stereocenters. The summed E-state index contributed by atoms with van der Waals surface area (Å²) in [6.45, 7) is 5.06. The molecule has 0 spiro atoms. The van der Waals surface area contributed by atoms with Crippen LogP contribution in [0, 0.1) is 5.41 Å². The second kappa shape index (κ2) is 4.43. The zero-order chi connectivity index (χ0) is 11.6. The van der Waals surface area contributed by atoms with Crippen molar-refractivity contribution >= 4 is 24.4 Å². The number of likely N-dealkylation sites (N-methyl/N-ethyl adjacent to an activating group) is 1. The van der Waals surface area contributed by atoms with Crippen LogP contribution in [0.5, 0.6) is 0 Å².